The van der Waals surface area contributed by atoms with Gasteiger partial charge in [0, 0.05) is 0 Å². The Bertz CT molecular complexity index is 724. The molecule has 0 bridgehead atoms. The summed E-state index contributed by atoms with van der Waals surface area (Å²) in [6, 6.07) is 0. The van der Waals surface area contributed by atoms with Crippen LogP contribution in [0, 0.1) is 50.7 Å². The molecule has 30 heavy (non-hydrogen) atoms. The normalized spacial score (nSPS) is 52.0. The van der Waals surface area contributed by atoms with Crippen LogP contribution in [0.2, 0.25) is 0 Å². The second-order valence-electron chi connectivity index (χ2n) is 14.9. The van der Waals surface area contributed by atoms with Crippen LogP contribution in [0.15, 0.2) is 11.6 Å². The molecule has 0 spiro atoms. The van der Waals surface area contributed by atoms with Crippen molar-refractivity contribution in [3.05, 3.63) is 11.6 Å². The fourth-order valence-electron chi connectivity index (χ4n) is 11.2. The Morgan fingerprint density at radius 2 is 1.27 bits per heavy atom. The molecule has 0 radical (unpaired) electrons. The minimum absolute atomic E-state index is 0.530. The van der Waals surface area contributed by atoms with Crippen LogP contribution in [-0.4, -0.2) is 0 Å². The van der Waals surface area contributed by atoms with E-state index in [2.05, 4.69) is 54.5 Å². The van der Waals surface area contributed by atoms with E-state index in [1.807, 2.05) is 5.57 Å². The summed E-state index contributed by atoms with van der Waals surface area (Å²) >= 11 is 0. The topological polar surface area (TPSA) is 0 Å². The van der Waals surface area contributed by atoms with Crippen LogP contribution >= 0.6 is 0 Å². The highest BCUT2D eigenvalue weighted by Crippen LogP contribution is 2.70. The Morgan fingerprint density at radius 3 is 1.97 bits per heavy atom. The highest BCUT2D eigenvalue weighted by atomic mass is 14.7. The monoisotopic (exact) mass is 410 g/mol. The summed E-state index contributed by atoms with van der Waals surface area (Å²) in [5, 5.41) is 0. The maximum Gasteiger partial charge on any atom is -0.0146 e. The molecule has 0 nitrogen and oxygen atoms in total. The molecule has 0 saturated heterocycles. The molecular formula is C30H50. The largest absolute Gasteiger partial charge is 0.0847 e. The van der Waals surface area contributed by atoms with Gasteiger partial charge in [-0.2, -0.15) is 0 Å². The Kier molecular flexibility index (Phi) is 4.77. The number of rotatable bonds is 0. The van der Waals surface area contributed by atoms with Crippen LogP contribution < -0.4 is 0 Å². The highest BCUT2D eigenvalue weighted by molar-refractivity contribution is 5.24. The molecule has 0 N–H and O–H groups in total. The second-order valence-corrected chi connectivity index (χ2v) is 14.9. The van der Waals surface area contributed by atoms with Gasteiger partial charge in [-0.1, -0.05) is 73.0 Å². The standard InChI is InChI=1S/C30H50/c1-26(2)15-8-17-29(6)22-11-13-25-28(5,20-21(22)10-12-23(26)29)19-14-24-27(3,4)16-9-18-30(24,25)7/h10,22-25H,8-9,11-20H2,1-7H3/t22-,23-,24?,25?,28-,29?,30-/m0/s1. The fraction of sp³-hybridized carbons (Fsp3) is 0.933. The van der Waals surface area contributed by atoms with Gasteiger partial charge in [0.2, 0.25) is 0 Å². The van der Waals surface area contributed by atoms with Gasteiger partial charge in [0.15, 0.2) is 0 Å². The van der Waals surface area contributed by atoms with Crippen LogP contribution in [-0.2, 0) is 0 Å². The van der Waals surface area contributed by atoms with Crippen molar-refractivity contribution in [2.45, 2.75) is 126 Å². The number of hydrogen-bond donors (Lipinski definition) is 0. The van der Waals surface area contributed by atoms with E-state index >= 15 is 0 Å². The Hall–Kier alpha value is -0.260. The van der Waals surface area contributed by atoms with Gasteiger partial charge in [0.1, 0.15) is 0 Å². The van der Waals surface area contributed by atoms with Crippen molar-refractivity contribution in [1.29, 1.82) is 0 Å². The lowest BCUT2D eigenvalue weighted by Gasteiger charge is -2.62. The van der Waals surface area contributed by atoms with E-state index in [4.69, 9.17) is 0 Å². The number of allylic oxidation sites excluding steroid dienone is 2. The summed E-state index contributed by atoms with van der Waals surface area (Å²) in [4.78, 5) is 0. The average molecular weight is 411 g/mol. The first kappa shape index (κ1) is 21.6. The zero-order chi connectivity index (χ0) is 21.6. The minimum atomic E-state index is 0.530. The Morgan fingerprint density at radius 1 is 0.633 bits per heavy atom. The molecule has 7 atom stereocenters. The second kappa shape index (κ2) is 6.63. The quantitative estimate of drug-likeness (QED) is 0.349. The van der Waals surface area contributed by atoms with E-state index in [-0.39, 0.29) is 0 Å². The molecule has 0 aliphatic heterocycles. The van der Waals surface area contributed by atoms with E-state index in [1.165, 1.54) is 77.0 Å². The van der Waals surface area contributed by atoms with Crippen molar-refractivity contribution in [3.63, 3.8) is 0 Å². The number of fused-ring (bicyclic) bond motifs is 6. The van der Waals surface area contributed by atoms with Crippen molar-refractivity contribution >= 4 is 0 Å². The summed E-state index contributed by atoms with van der Waals surface area (Å²) in [5.41, 5.74) is 4.68. The first-order valence-electron chi connectivity index (χ1n) is 13.6. The van der Waals surface area contributed by atoms with E-state index in [0.717, 1.165) is 23.7 Å². The molecule has 0 aromatic heterocycles. The molecular weight excluding hydrogens is 360 g/mol. The molecule has 170 valence electrons. The zero-order valence-electron chi connectivity index (χ0n) is 21.4. The van der Waals surface area contributed by atoms with Gasteiger partial charge in [-0.05, 0) is 115 Å². The maximum atomic E-state index is 2.79. The molecule has 0 aromatic rings. The minimum Gasteiger partial charge on any atom is -0.0847 e. The SMILES string of the molecule is CC1(C)CCC[C@@]2(C)C1CC[C@@]1(C)CC3=CC[C@H]4C(C)(C)CCCC4(C)[C@H]3CCC12. The molecule has 4 saturated carbocycles. The lowest BCUT2D eigenvalue weighted by Crippen LogP contribution is -2.54. The first-order valence-corrected chi connectivity index (χ1v) is 13.6. The predicted molar refractivity (Wildman–Crippen MR) is 129 cm³/mol. The maximum absolute atomic E-state index is 2.79. The summed E-state index contributed by atoms with van der Waals surface area (Å²) in [6.07, 6.45) is 20.3. The van der Waals surface area contributed by atoms with Gasteiger partial charge in [-0.25, -0.2) is 0 Å². The average Bonchev–Trinajstić information content (AvgIpc) is 2.77. The van der Waals surface area contributed by atoms with Crippen LogP contribution in [0.5, 0.6) is 0 Å². The third-order valence-corrected chi connectivity index (χ3v) is 12.4. The Labute approximate surface area is 188 Å². The van der Waals surface area contributed by atoms with Gasteiger partial charge in [0.25, 0.3) is 0 Å². The van der Waals surface area contributed by atoms with Crippen molar-refractivity contribution in [3.8, 4) is 0 Å². The molecule has 0 aromatic carbocycles. The molecule has 0 amide bonds. The molecule has 5 rings (SSSR count). The van der Waals surface area contributed by atoms with Gasteiger partial charge >= 0.3 is 0 Å². The van der Waals surface area contributed by atoms with Gasteiger partial charge in [0.05, 0.1) is 0 Å². The van der Waals surface area contributed by atoms with Crippen molar-refractivity contribution in [1.82, 2.24) is 0 Å². The van der Waals surface area contributed by atoms with Crippen LogP contribution in [0.3, 0.4) is 0 Å². The van der Waals surface area contributed by atoms with E-state index < -0.39 is 0 Å². The van der Waals surface area contributed by atoms with E-state index in [9.17, 15) is 0 Å². The molecule has 0 heterocycles. The molecule has 0 heteroatoms. The fourth-order valence-corrected chi connectivity index (χ4v) is 11.2. The lowest BCUT2D eigenvalue weighted by atomic mass is 9.42. The van der Waals surface area contributed by atoms with Gasteiger partial charge < -0.3 is 0 Å². The van der Waals surface area contributed by atoms with E-state index in [1.54, 1.807) is 0 Å². The Balaban J connectivity index is 1.51. The lowest BCUT2D eigenvalue weighted by molar-refractivity contribution is -0.129. The summed E-state index contributed by atoms with van der Waals surface area (Å²) in [5.74, 6) is 3.66. The van der Waals surface area contributed by atoms with Gasteiger partial charge in [-0.3, -0.25) is 0 Å². The highest BCUT2D eigenvalue weighted by Gasteiger charge is 2.61. The van der Waals surface area contributed by atoms with Crippen LogP contribution in [0.25, 0.3) is 0 Å². The molecule has 5 aliphatic carbocycles. The van der Waals surface area contributed by atoms with Crippen LogP contribution in [0.1, 0.15) is 126 Å². The van der Waals surface area contributed by atoms with Crippen molar-refractivity contribution < 1.29 is 0 Å². The number of hydrogen-bond acceptors (Lipinski definition) is 0. The smallest absolute Gasteiger partial charge is 0.0146 e. The molecule has 4 fully saturated rings. The third-order valence-electron chi connectivity index (χ3n) is 12.4. The predicted octanol–water partition coefficient (Wildman–Crippen LogP) is 9.20. The summed E-state index contributed by atoms with van der Waals surface area (Å²) in [7, 11) is 0. The first-order chi connectivity index (χ1) is 13.9. The van der Waals surface area contributed by atoms with Gasteiger partial charge in [-0.15, -0.1) is 0 Å². The van der Waals surface area contributed by atoms with Crippen LogP contribution in [0.4, 0.5) is 0 Å². The van der Waals surface area contributed by atoms with Crippen molar-refractivity contribution in [2.75, 3.05) is 0 Å². The van der Waals surface area contributed by atoms with E-state index in [0.29, 0.717) is 27.1 Å². The summed E-state index contributed by atoms with van der Waals surface area (Å²) in [6.45, 7) is 18.6. The summed E-state index contributed by atoms with van der Waals surface area (Å²) < 4.78 is 0. The zero-order valence-corrected chi connectivity index (χ0v) is 21.4. The molecule has 3 unspecified atom stereocenters. The third kappa shape index (κ3) is 2.90. The van der Waals surface area contributed by atoms with Crippen molar-refractivity contribution in [2.24, 2.45) is 50.7 Å². The molecule has 5 aliphatic rings.